The summed E-state index contributed by atoms with van der Waals surface area (Å²) < 4.78 is 20.2. The first-order valence-corrected chi connectivity index (χ1v) is 11.1. The molecule has 0 bridgehead atoms. The van der Waals surface area contributed by atoms with E-state index >= 15 is 0 Å². The third kappa shape index (κ3) is 7.02. The third-order valence-corrected chi connectivity index (χ3v) is 5.38. The van der Waals surface area contributed by atoms with Crippen molar-refractivity contribution >= 4 is 34.9 Å². The summed E-state index contributed by atoms with van der Waals surface area (Å²) in [7, 11) is 0. The van der Waals surface area contributed by atoms with Crippen molar-refractivity contribution in [2.75, 3.05) is 10.6 Å². The highest BCUT2D eigenvalue weighted by atomic mass is 35.5. The lowest BCUT2D eigenvalue weighted by molar-refractivity contribution is -0.116. The molecule has 6 nitrogen and oxygen atoms in total. The van der Waals surface area contributed by atoms with Gasteiger partial charge >= 0.3 is 0 Å². The maximum Gasteiger partial charge on any atom is 0.228 e. The summed E-state index contributed by atoms with van der Waals surface area (Å²) >= 11 is 6.27. The van der Waals surface area contributed by atoms with Crippen molar-refractivity contribution < 1.29 is 18.7 Å². The lowest BCUT2D eigenvalue weighted by Gasteiger charge is -2.20. The van der Waals surface area contributed by atoms with E-state index in [1.807, 2.05) is 12.1 Å². The maximum atomic E-state index is 14.6. The predicted molar refractivity (Wildman–Crippen MR) is 132 cm³/mol. The van der Waals surface area contributed by atoms with E-state index in [2.05, 4.69) is 36.4 Å². The van der Waals surface area contributed by atoms with Crippen molar-refractivity contribution in [2.45, 2.75) is 46.1 Å². The Kier molecular flexibility index (Phi) is 7.89. The van der Waals surface area contributed by atoms with Gasteiger partial charge in [-0.1, -0.05) is 44.5 Å². The first-order chi connectivity index (χ1) is 16.0. The number of nitrogens with zero attached hydrogens (tertiary/aromatic N) is 1. The monoisotopic (exact) mass is 483 g/mol. The van der Waals surface area contributed by atoms with E-state index in [1.165, 1.54) is 19.1 Å². The number of halogens is 2. The molecule has 1 heterocycles. The summed E-state index contributed by atoms with van der Waals surface area (Å²) in [5, 5.41) is 5.68. The molecule has 0 aliphatic rings. The molecule has 0 saturated carbocycles. The normalized spacial score (nSPS) is 11.1. The van der Waals surface area contributed by atoms with Crippen molar-refractivity contribution in [1.82, 2.24) is 4.98 Å². The Labute approximate surface area is 203 Å². The molecule has 3 rings (SSSR count). The van der Waals surface area contributed by atoms with Crippen LogP contribution in [-0.4, -0.2) is 16.8 Å². The molecule has 0 radical (unpaired) electrons. The zero-order valence-corrected chi connectivity index (χ0v) is 20.3. The van der Waals surface area contributed by atoms with Gasteiger partial charge in [0.1, 0.15) is 24.0 Å². The molecule has 0 saturated heterocycles. The minimum absolute atomic E-state index is 0.0269. The maximum absolute atomic E-state index is 14.6. The summed E-state index contributed by atoms with van der Waals surface area (Å²) in [6.45, 7) is 7.79. The van der Waals surface area contributed by atoms with Crippen LogP contribution in [0.15, 0.2) is 54.7 Å². The number of hydrogen-bond donors (Lipinski definition) is 2. The fraction of sp³-hybridized carbons (Fsp3) is 0.269. The van der Waals surface area contributed by atoms with E-state index < -0.39 is 5.82 Å². The first kappa shape index (κ1) is 25.2. The van der Waals surface area contributed by atoms with Crippen LogP contribution in [0, 0.1) is 5.82 Å². The number of ether oxygens (including phenoxy) is 1. The van der Waals surface area contributed by atoms with Gasteiger partial charge in [-0.2, -0.15) is 0 Å². The number of aromatic nitrogens is 1. The molecule has 178 valence electrons. The number of anilines is 2. The molecule has 0 unspecified atom stereocenters. The number of amides is 2. The second-order valence-electron chi connectivity index (χ2n) is 8.94. The number of benzene rings is 2. The largest absolute Gasteiger partial charge is 0.489 e. The summed E-state index contributed by atoms with van der Waals surface area (Å²) in [5.41, 5.74) is 2.47. The Bertz CT molecular complexity index is 1210. The molecule has 0 atom stereocenters. The quantitative estimate of drug-likeness (QED) is 0.439. The van der Waals surface area contributed by atoms with Crippen LogP contribution in [0.5, 0.6) is 5.75 Å². The molecule has 2 N–H and O–H groups in total. The lowest BCUT2D eigenvalue weighted by Crippen LogP contribution is -2.17. The minimum atomic E-state index is -0.617. The van der Waals surface area contributed by atoms with Gasteiger partial charge in [0.15, 0.2) is 0 Å². The van der Waals surface area contributed by atoms with Crippen LogP contribution in [0.4, 0.5) is 15.9 Å². The molecule has 2 aromatic carbocycles. The van der Waals surface area contributed by atoms with Crippen molar-refractivity contribution in [3.05, 3.63) is 82.3 Å². The Hall–Kier alpha value is -3.45. The van der Waals surface area contributed by atoms with Crippen LogP contribution in [0.3, 0.4) is 0 Å². The van der Waals surface area contributed by atoms with E-state index in [4.69, 9.17) is 16.3 Å². The lowest BCUT2D eigenvalue weighted by atomic mass is 9.86. The van der Waals surface area contributed by atoms with E-state index in [9.17, 15) is 14.0 Å². The number of nitrogens with one attached hydrogen (secondary N) is 2. The van der Waals surface area contributed by atoms with Crippen molar-refractivity contribution in [1.29, 1.82) is 0 Å². The van der Waals surface area contributed by atoms with Crippen LogP contribution in [0.25, 0.3) is 0 Å². The number of carbonyl (C=O) groups is 2. The average molecular weight is 484 g/mol. The van der Waals surface area contributed by atoms with Gasteiger partial charge < -0.3 is 15.4 Å². The number of carbonyl (C=O) groups excluding carboxylic acids is 2. The topological polar surface area (TPSA) is 80.3 Å². The summed E-state index contributed by atoms with van der Waals surface area (Å²) in [5.74, 6) is -0.508. The third-order valence-electron chi connectivity index (χ3n) is 5.01. The van der Waals surface area contributed by atoms with Crippen molar-refractivity contribution in [3.63, 3.8) is 0 Å². The van der Waals surface area contributed by atoms with E-state index in [-0.39, 0.29) is 35.9 Å². The van der Waals surface area contributed by atoms with E-state index in [1.54, 1.807) is 30.5 Å². The minimum Gasteiger partial charge on any atom is -0.489 e. The first-order valence-electron chi connectivity index (χ1n) is 10.7. The Morgan fingerprint density at radius 1 is 1.06 bits per heavy atom. The van der Waals surface area contributed by atoms with Crippen LogP contribution >= 0.6 is 11.6 Å². The molecule has 2 amide bonds. The SMILES string of the molecule is CC(=O)Nc1cc(COc2ccc(NC(=O)Cc3cc(C(C)(C)C)ccc3Cl)c(F)c2)ccn1. The van der Waals surface area contributed by atoms with Crippen molar-refractivity contribution in [3.8, 4) is 5.75 Å². The molecule has 0 aliphatic heterocycles. The highest BCUT2D eigenvalue weighted by Gasteiger charge is 2.17. The van der Waals surface area contributed by atoms with Gasteiger partial charge in [-0.25, -0.2) is 9.37 Å². The predicted octanol–water partition coefficient (Wildman–Crippen LogP) is 5.89. The zero-order valence-electron chi connectivity index (χ0n) is 19.5. The number of rotatable bonds is 7. The molecule has 0 aliphatic carbocycles. The molecule has 3 aromatic rings. The molecular weight excluding hydrogens is 457 g/mol. The van der Waals surface area contributed by atoms with Gasteiger partial charge in [-0.3, -0.25) is 9.59 Å². The zero-order chi connectivity index (χ0) is 24.9. The molecular formula is C26H27ClFN3O3. The fourth-order valence-electron chi connectivity index (χ4n) is 3.21. The number of hydrogen-bond acceptors (Lipinski definition) is 4. The van der Waals surface area contributed by atoms with Gasteiger partial charge in [0, 0.05) is 24.2 Å². The second kappa shape index (κ2) is 10.7. The van der Waals surface area contributed by atoms with Crippen LogP contribution in [0.2, 0.25) is 5.02 Å². The fourth-order valence-corrected chi connectivity index (χ4v) is 3.39. The Balaban J connectivity index is 1.62. The average Bonchev–Trinajstić information content (AvgIpc) is 2.74. The summed E-state index contributed by atoms with van der Waals surface area (Å²) in [6.07, 6.45) is 1.58. The summed E-state index contributed by atoms with van der Waals surface area (Å²) in [4.78, 5) is 27.8. The highest BCUT2D eigenvalue weighted by molar-refractivity contribution is 6.31. The van der Waals surface area contributed by atoms with Gasteiger partial charge in [-0.05, 0) is 52.4 Å². The number of pyridine rings is 1. The van der Waals surface area contributed by atoms with Crippen LogP contribution in [-0.2, 0) is 28.0 Å². The molecule has 1 aromatic heterocycles. The smallest absolute Gasteiger partial charge is 0.228 e. The van der Waals surface area contributed by atoms with Gasteiger partial charge in [-0.15, -0.1) is 0 Å². The van der Waals surface area contributed by atoms with Crippen LogP contribution in [0.1, 0.15) is 44.4 Å². The van der Waals surface area contributed by atoms with Crippen LogP contribution < -0.4 is 15.4 Å². The van der Waals surface area contributed by atoms with Gasteiger partial charge in [0.25, 0.3) is 0 Å². The highest BCUT2D eigenvalue weighted by Crippen LogP contribution is 2.28. The molecule has 34 heavy (non-hydrogen) atoms. The molecule has 0 spiro atoms. The van der Waals surface area contributed by atoms with Gasteiger partial charge in [0.05, 0.1) is 12.1 Å². The van der Waals surface area contributed by atoms with Crippen molar-refractivity contribution in [2.24, 2.45) is 0 Å². The van der Waals surface area contributed by atoms with E-state index in [0.29, 0.717) is 22.2 Å². The standard InChI is InChI=1S/C26H27ClFN3O3/c1-16(32)30-24-11-17(9-10-29-24)15-34-20-6-8-23(22(28)14-20)31-25(33)13-18-12-19(26(2,3)4)5-7-21(18)27/h5-12,14H,13,15H2,1-4H3,(H,31,33)(H,29,30,32). The second-order valence-corrected chi connectivity index (χ2v) is 9.35. The van der Waals surface area contributed by atoms with E-state index in [0.717, 1.165) is 11.1 Å². The Morgan fingerprint density at radius 3 is 2.50 bits per heavy atom. The molecule has 8 heteroatoms. The van der Waals surface area contributed by atoms with Gasteiger partial charge in [0.2, 0.25) is 11.8 Å². The molecule has 0 fully saturated rings. The Morgan fingerprint density at radius 2 is 1.82 bits per heavy atom. The summed E-state index contributed by atoms with van der Waals surface area (Å²) in [6, 6.07) is 13.3.